The van der Waals surface area contributed by atoms with Gasteiger partial charge in [0.15, 0.2) is 6.10 Å². The molecule has 0 spiro atoms. The lowest BCUT2D eigenvalue weighted by atomic mass is 9.67. The van der Waals surface area contributed by atoms with E-state index in [1.807, 2.05) is 30.3 Å². The number of rotatable bonds is 7. The molecule has 0 aromatic heterocycles. The minimum atomic E-state index is -0.840. The van der Waals surface area contributed by atoms with Crippen molar-refractivity contribution in [1.82, 2.24) is 5.32 Å². The van der Waals surface area contributed by atoms with Crippen molar-refractivity contribution >= 4 is 17.7 Å². The van der Waals surface area contributed by atoms with Crippen molar-refractivity contribution in [2.24, 2.45) is 17.8 Å². The predicted octanol–water partition coefficient (Wildman–Crippen LogP) is 3.97. The van der Waals surface area contributed by atoms with Crippen LogP contribution in [0.4, 0.5) is 0 Å². The topological polar surface area (TPSA) is 72.5 Å². The van der Waals surface area contributed by atoms with Crippen LogP contribution in [0.25, 0.3) is 0 Å². The maximum Gasteiger partial charge on any atom is 0.309 e. The van der Waals surface area contributed by atoms with E-state index in [1.54, 1.807) is 6.92 Å². The number of carbonyl (C=O) groups is 3. The van der Waals surface area contributed by atoms with Crippen molar-refractivity contribution in [2.45, 2.75) is 70.9 Å². The molecule has 0 radical (unpaired) electrons. The molecule has 1 N–H and O–H groups in total. The summed E-state index contributed by atoms with van der Waals surface area (Å²) in [6, 6.07) is 9.75. The molecule has 28 heavy (non-hydrogen) atoms. The average Bonchev–Trinajstić information content (AvgIpc) is 2.68. The van der Waals surface area contributed by atoms with E-state index in [0.717, 1.165) is 37.7 Å². The molecule has 2 saturated carbocycles. The van der Waals surface area contributed by atoms with Crippen LogP contribution >= 0.6 is 0 Å². The minimum Gasteiger partial charge on any atom is -0.452 e. The molecule has 152 valence electrons. The van der Waals surface area contributed by atoms with Crippen LogP contribution in [0.2, 0.25) is 0 Å². The van der Waals surface area contributed by atoms with Crippen LogP contribution in [-0.2, 0) is 19.1 Å². The van der Waals surface area contributed by atoms with Crippen molar-refractivity contribution in [3.05, 3.63) is 35.9 Å². The van der Waals surface area contributed by atoms with E-state index in [1.165, 1.54) is 0 Å². The van der Waals surface area contributed by atoms with Gasteiger partial charge in [-0.3, -0.25) is 14.4 Å². The third-order valence-corrected chi connectivity index (χ3v) is 6.14. The number of nitrogens with one attached hydrogen (secondary N) is 1. The summed E-state index contributed by atoms with van der Waals surface area (Å²) in [7, 11) is 0. The SMILES string of the molecule is CCC[C@H](NC(=O)[C@H](C)OC(=O)C1C[C@H]2CCC[C@@H](C1)C2=O)c1ccccc1. The first-order chi connectivity index (χ1) is 13.5. The van der Waals surface area contributed by atoms with Gasteiger partial charge in [0.25, 0.3) is 5.91 Å². The lowest BCUT2D eigenvalue weighted by Gasteiger charge is -2.36. The van der Waals surface area contributed by atoms with Gasteiger partial charge in [0, 0.05) is 11.8 Å². The van der Waals surface area contributed by atoms with E-state index in [4.69, 9.17) is 4.74 Å². The van der Waals surface area contributed by atoms with Crippen LogP contribution in [0.3, 0.4) is 0 Å². The summed E-state index contributed by atoms with van der Waals surface area (Å²) in [6.07, 6.45) is 4.90. The first kappa shape index (κ1) is 20.6. The summed E-state index contributed by atoms with van der Waals surface area (Å²) < 4.78 is 5.50. The number of carbonyl (C=O) groups excluding carboxylic acids is 3. The van der Waals surface area contributed by atoms with Crippen LogP contribution in [0.1, 0.15) is 70.4 Å². The van der Waals surface area contributed by atoms with Crippen LogP contribution in [-0.4, -0.2) is 23.8 Å². The zero-order valence-corrected chi connectivity index (χ0v) is 16.9. The Bertz CT molecular complexity index is 686. The zero-order chi connectivity index (χ0) is 20.1. The Labute approximate surface area is 167 Å². The van der Waals surface area contributed by atoms with Crippen LogP contribution in [0.5, 0.6) is 0 Å². The highest BCUT2D eigenvalue weighted by molar-refractivity contribution is 5.88. The third kappa shape index (κ3) is 4.81. The molecule has 0 saturated heterocycles. The molecule has 5 nitrogen and oxygen atoms in total. The quantitative estimate of drug-likeness (QED) is 0.721. The molecule has 3 rings (SSSR count). The molecule has 1 aromatic carbocycles. The largest absolute Gasteiger partial charge is 0.452 e. The van der Waals surface area contributed by atoms with Crippen LogP contribution in [0, 0.1) is 17.8 Å². The molecule has 0 heterocycles. The molecule has 1 aromatic rings. The summed E-state index contributed by atoms with van der Waals surface area (Å²) in [6.45, 7) is 3.70. The van der Waals surface area contributed by atoms with E-state index >= 15 is 0 Å². The van der Waals surface area contributed by atoms with Gasteiger partial charge in [0.05, 0.1) is 12.0 Å². The Morgan fingerprint density at radius 2 is 1.79 bits per heavy atom. The summed E-state index contributed by atoms with van der Waals surface area (Å²) in [5.41, 5.74) is 1.05. The first-order valence-electron chi connectivity index (χ1n) is 10.6. The third-order valence-electron chi connectivity index (χ3n) is 6.14. The number of ketones is 1. The van der Waals surface area contributed by atoms with E-state index in [0.29, 0.717) is 18.6 Å². The van der Waals surface area contributed by atoms with Gasteiger partial charge in [0.2, 0.25) is 0 Å². The van der Waals surface area contributed by atoms with E-state index in [2.05, 4.69) is 12.2 Å². The molecule has 1 unspecified atom stereocenters. The maximum atomic E-state index is 12.6. The van der Waals surface area contributed by atoms with Crippen molar-refractivity contribution in [2.75, 3.05) is 0 Å². The standard InChI is InChI=1S/C23H31NO4/c1-3-8-20(16-9-5-4-6-10-16)24-22(26)15(2)28-23(27)19-13-17-11-7-12-18(14-19)21(17)25/h4-6,9-10,15,17-20H,3,7-8,11-14H2,1-2H3,(H,24,26)/t15-,17-,18+,19?,20-/m0/s1. The van der Waals surface area contributed by atoms with E-state index in [-0.39, 0.29) is 35.7 Å². The fraction of sp³-hybridized carbons (Fsp3) is 0.609. The van der Waals surface area contributed by atoms with Gasteiger partial charge >= 0.3 is 5.97 Å². The summed E-state index contributed by atoms with van der Waals surface area (Å²) in [4.78, 5) is 37.5. The number of hydrogen-bond donors (Lipinski definition) is 1. The molecular weight excluding hydrogens is 354 g/mol. The van der Waals surface area contributed by atoms with Gasteiger partial charge in [0.1, 0.15) is 5.78 Å². The number of fused-ring (bicyclic) bond motifs is 2. The number of amides is 1. The van der Waals surface area contributed by atoms with Crippen molar-refractivity contribution in [3.63, 3.8) is 0 Å². The summed E-state index contributed by atoms with van der Waals surface area (Å²) in [5, 5.41) is 3.02. The molecule has 5 atom stereocenters. The normalized spacial score (nSPS) is 26.2. The number of hydrogen-bond acceptors (Lipinski definition) is 4. The Balaban J connectivity index is 1.56. The van der Waals surface area contributed by atoms with Crippen molar-refractivity contribution in [1.29, 1.82) is 0 Å². The number of Topliss-reactive ketones (excluding diaryl/α,β-unsaturated/α-hetero) is 1. The Morgan fingerprint density at radius 1 is 1.14 bits per heavy atom. The second-order valence-electron chi connectivity index (χ2n) is 8.24. The lowest BCUT2D eigenvalue weighted by molar-refractivity contribution is -0.162. The molecule has 1 amide bonds. The van der Waals surface area contributed by atoms with Gasteiger partial charge in [-0.2, -0.15) is 0 Å². The van der Waals surface area contributed by atoms with Gasteiger partial charge in [-0.05, 0) is 44.6 Å². The highest BCUT2D eigenvalue weighted by atomic mass is 16.5. The number of ether oxygens (including phenoxy) is 1. The number of esters is 1. The predicted molar refractivity (Wildman–Crippen MR) is 106 cm³/mol. The Kier molecular flexibility index (Phi) is 6.87. The average molecular weight is 386 g/mol. The maximum absolute atomic E-state index is 12.6. The number of benzene rings is 1. The van der Waals surface area contributed by atoms with Gasteiger partial charge in [-0.15, -0.1) is 0 Å². The molecular formula is C23H31NO4. The molecule has 2 aliphatic carbocycles. The van der Waals surface area contributed by atoms with Crippen molar-refractivity contribution < 1.29 is 19.1 Å². The van der Waals surface area contributed by atoms with Crippen LogP contribution < -0.4 is 5.32 Å². The van der Waals surface area contributed by atoms with Crippen molar-refractivity contribution in [3.8, 4) is 0 Å². The van der Waals surface area contributed by atoms with E-state index < -0.39 is 6.10 Å². The highest BCUT2D eigenvalue weighted by Crippen LogP contribution is 2.40. The first-order valence-corrected chi connectivity index (χ1v) is 10.6. The highest BCUT2D eigenvalue weighted by Gasteiger charge is 2.42. The molecule has 0 aliphatic heterocycles. The summed E-state index contributed by atoms with van der Waals surface area (Å²) in [5.74, 6) is -0.542. The second kappa shape index (κ2) is 9.35. The van der Waals surface area contributed by atoms with Gasteiger partial charge in [-0.1, -0.05) is 50.1 Å². The summed E-state index contributed by atoms with van der Waals surface area (Å²) >= 11 is 0. The smallest absolute Gasteiger partial charge is 0.309 e. The Morgan fingerprint density at radius 3 is 2.39 bits per heavy atom. The van der Waals surface area contributed by atoms with Gasteiger partial charge < -0.3 is 10.1 Å². The van der Waals surface area contributed by atoms with Crippen LogP contribution in [0.15, 0.2) is 30.3 Å². The molecule has 5 heteroatoms. The monoisotopic (exact) mass is 385 g/mol. The van der Waals surface area contributed by atoms with E-state index in [9.17, 15) is 14.4 Å². The Hall–Kier alpha value is -2.17. The van der Waals surface area contributed by atoms with Gasteiger partial charge in [-0.25, -0.2) is 0 Å². The second-order valence-corrected chi connectivity index (χ2v) is 8.24. The molecule has 2 aliphatic rings. The zero-order valence-electron chi connectivity index (χ0n) is 16.9. The fourth-order valence-electron chi connectivity index (χ4n) is 4.58. The molecule has 2 bridgehead atoms. The minimum absolute atomic E-state index is 0.00111. The lowest BCUT2D eigenvalue weighted by Crippen LogP contribution is -2.42. The fourth-order valence-corrected chi connectivity index (χ4v) is 4.58. The molecule has 2 fully saturated rings.